The SMILES string of the molecule is OC(CC1CCCN1)C1CCC1. The van der Waals surface area contributed by atoms with Crippen LogP contribution in [-0.4, -0.2) is 23.8 Å². The first kappa shape index (κ1) is 8.52. The lowest BCUT2D eigenvalue weighted by atomic mass is 9.79. The average Bonchev–Trinajstić information content (AvgIpc) is 2.34. The van der Waals surface area contributed by atoms with Crippen LogP contribution in [0.4, 0.5) is 0 Å². The van der Waals surface area contributed by atoms with Gasteiger partial charge in [-0.05, 0) is 44.6 Å². The standard InChI is InChI=1S/C10H19NO/c12-10(8-3-1-4-8)7-9-5-2-6-11-9/h8-12H,1-7H2. The summed E-state index contributed by atoms with van der Waals surface area (Å²) in [7, 11) is 0. The van der Waals surface area contributed by atoms with Crippen LogP contribution in [0.25, 0.3) is 0 Å². The second-order valence-electron chi connectivity index (χ2n) is 4.29. The van der Waals surface area contributed by atoms with Crippen molar-refractivity contribution < 1.29 is 5.11 Å². The van der Waals surface area contributed by atoms with Crippen LogP contribution in [0.2, 0.25) is 0 Å². The van der Waals surface area contributed by atoms with Gasteiger partial charge in [-0.3, -0.25) is 0 Å². The van der Waals surface area contributed by atoms with Crippen LogP contribution >= 0.6 is 0 Å². The first-order valence-corrected chi connectivity index (χ1v) is 5.28. The fourth-order valence-corrected chi connectivity index (χ4v) is 2.27. The third kappa shape index (κ3) is 1.80. The van der Waals surface area contributed by atoms with Gasteiger partial charge in [-0.25, -0.2) is 0 Å². The zero-order valence-corrected chi connectivity index (χ0v) is 7.63. The number of hydrogen-bond acceptors (Lipinski definition) is 2. The highest BCUT2D eigenvalue weighted by Gasteiger charge is 2.28. The predicted octanol–water partition coefficient (Wildman–Crippen LogP) is 1.29. The molecule has 0 amide bonds. The Hall–Kier alpha value is -0.0800. The lowest BCUT2D eigenvalue weighted by molar-refractivity contribution is 0.0488. The van der Waals surface area contributed by atoms with Crippen LogP contribution in [0.5, 0.6) is 0 Å². The van der Waals surface area contributed by atoms with E-state index in [4.69, 9.17) is 0 Å². The molecule has 0 bridgehead atoms. The topological polar surface area (TPSA) is 32.3 Å². The van der Waals surface area contributed by atoms with E-state index in [9.17, 15) is 5.11 Å². The summed E-state index contributed by atoms with van der Waals surface area (Å²) in [6.45, 7) is 1.15. The van der Waals surface area contributed by atoms with E-state index in [1.54, 1.807) is 0 Å². The Kier molecular flexibility index (Phi) is 2.66. The molecule has 2 N–H and O–H groups in total. The molecule has 12 heavy (non-hydrogen) atoms. The number of aliphatic hydroxyl groups excluding tert-OH is 1. The van der Waals surface area contributed by atoms with Crippen LogP contribution in [0.15, 0.2) is 0 Å². The zero-order chi connectivity index (χ0) is 8.39. The van der Waals surface area contributed by atoms with Crippen molar-refractivity contribution in [2.75, 3.05) is 6.54 Å². The summed E-state index contributed by atoms with van der Waals surface area (Å²) >= 11 is 0. The van der Waals surface area contributed by atoms with Crippen molar-refractivity contribution in [3.63, 3.8) is 0 Å². The number of nitrogens with one attached hydrogen (secondary N) is 1. The van der Waals surface area contributed by atoms with Crippen molar-refractivity contribution in [2.45, 2.75) is 50.7 Å². The van der Waals surface area contributed by atoms with Crippen LogP contribution in [0.3, 0.4) is 0 Å². The van der Waals surface area contributed by atoms with Crippen molar-refractivity contribution in [1.82, 2.24) is 5.32 Å². The molecule has 2 nitrogen and oxygen atoms in total. The van der Waals surface area contributed by atoms with Gasteiger partial charge in [0.2, 0.25) is 0 Å². The Bertz CT molecular complexity index is 139. The average molecular weight is 169 g/mol. The Labute approximate surface area is 74.4 Å². The van der Waals surface area contributed by atoms with Gasteiger partial charge in [0.25, 0.3) is 0 Å². The van der Waals surface area contributed by atoms with Gasteiger partial charge in [0, 0.05) is 6.04 Å². The van der Waals surface area contributed by atoms with Crippen LogP contribution < -0.4 is 5.32 Å². The minimum absolute atomic E-state index is 0.0191. The Balaban J connectivity index is 1.69. The zero-order valence-electron chi connectivity index (χ0n) is 7.63. The molecule has 2 aliphatic rings. The van der Waals surface area contributed by atoms with E-state index in [0.717, 1.165) is 13.0 Å². The van der Waals surface area contributed by atoms with Gasteiger partial charge in [-0.15, -0.1) is 0 Å². The third-order valence-electron chi connectivity index (χ3n) is 3.38. The summed E-state index contributed by atoms with van der Waals surface area (Å²) in [4.78, 5) is 0. The van der Waals surface area contributed by atoms with E-state index in [0.29, 0.717) is 12.0 Å². The van der Waals surface area contributed by atoms with Crippen molar-refractivity contribution in [3.05, 3.63) is 0 Å². The fraction of sp³-hybridized carbons (Fsp3) is 1.00. The summed E-state index contributed by atoms with van der Waals surface area (Å²) in [5, 5.41) is 13.2. The van der Waals surface area contributed by atoms with E-state index >= 15 is 0 Å². The summed E-state index contributed by atoms with van der Waals surface area (Å²) < 4.78 is 0. The van der Waals surface area contributed by atoms with Gasteiger partial charge < -0.3 is 10.4 Å². The quantitative estimate of drug-likeness (QED) is 0.667. The number of aliphatic hydroxyl groups is 1. The molecule has 1 aliphatic carbocycles. The molecule has 1 heterocycles. The molecule has 0 aromatic carbocycles. The Morgan fingerprint density at radius 2 is 2.08 bits per heavy atom. The van der Waals surface area contributed by atoms with Crippen molar-refractivity contribution in [3.8, 4) is 0 Å². The first-order chi connectivity index (χ1) is 5.86. The maximum Gasteiger partial charge on any atom is 0.0583 e. The lowest BCUT2D eigenvalue weighted by Crippen LogP contribution is -2.33. The molecule has 0 aromatic heterocycles. The second-order valence-corrected chi connectivity index (χ2v) is 4.29. The highest BCUT2D eigenvalue weighted by atomic mass is 16.3. The summed E-state index contributed by atoms with van der Waals surface area (Å²) in [6, 6.07) is 0.612. The highest BCUT2D eigenvalue weighted by Crippen LogP contribution is 2.31. The lowest BCUT2D eigenvalue weighted by Gasteiger charge is -2.31. The number of rotatable bonds is 3. The van der Waals surface area contributed by atoms with Gasteiger partial charge in [-0.1, -0.05) is 6.42 Å². The minimum Gasteiger partial charge on any atom is -0.393 e. The molecule has 0 radical (unpaired) electrons. The van der Waals surface area contributed by atoms with Gasteiger partial charge in [0.05, 0.1) is 6.10 Å². The third-order valence-corrected chi connectivity index (χ3v) is 3.38. The molecule has 2 unspecified atom stereocenters. The van der Waals surface area contributed by atoms with E-state index in [2.05, 4.69) is 5.32 Å². The van der Waals surface area contributed by atoms with Crippen molar-refractivity contribution in [2.24, 2.45) is 5.92 Å². The molecule has 1 saturated heterocycles. The fourth-order valence-electron chi connectivity index (χ4n) is 2.27. The second kappa shape index (κ2) is 3.75. The van der Waals surface area contributed by atoms with Gasteiger partial charge in [-0.2, -0.15) is 0 Å². The number of hydrogen-bond donors (Lipinski definition) is 2. The molecule has 2 rings (SSSR count). The Morgan fingerprint density at radius 1 is 1.25 bits per heavy atom. The molecular weight excluding hydrogens is 150 g/mol. The summed E-state index contributed by atoms with van der Waals surface area (Å²) in [5.41, 5.74) is 0. The highest BCUT2D eigenvalue weighted by molar-refractivity contribution is 4.83. The van der Waals surface area contributed by atoms with E-state index in [1.165, 1.54) is 32.1 Å². The molecule has 2 heteroatoms. The summed E-state index contributed by atoms with van der Waals surface area (Å²) in [5.74, 6) is 0.632. The molecule has 1 aliphatic heterocycles. The van der Waals surface area contributed by atoms with E-state index in [-0.39, 0.29) is 6.10 Å². The largest absolute Gasteiger partial charge is 0.393 e. The van der Waals surface area contributed by atoms with Crippen molar-refractivity contribution >= 4 is 0 Å². The van der Waals surface area contributed by atoms with Gasteiger partial charge >= 0.3 is 0 Å². The van der Waals surface area contributed by atoms with Crippen LogP contribution in [0.1, 0.15) is 38.5 Å². The molecule has 0 aromatic rings. The van der Waals surface area contributed by atoms with Gasteiger partial charge in [0.1, 0.15) is 0 Å². The van der Waals surface area contributed by atoms with Crippen molar-refractivity contribution in [1.29, 1.82) is 0 Å². The maximum absolute atomic E-state index is 9.79. The van der Waals surface area contributed by atoms with Gasteiger partial charge in [0.15, 0.2) is 0 Å². The normalized spacial score (nSPS) is 33.2. The molecule has 2 fully saturated rings. The predicted molar refractivity (Wildman–Crippen MR) is 49.0 cm³/mol. The van der Waals surface area contributed by atoms with Crippen LogP contribution in [0, 0.1) is 5.92 Å². The first-order valence-electron chi connectivity index (χ1n) is 5.28. The molecular formula is C10H19NO. The molecule has 1 saturated carbocycles. The van der Waals surface area contributed by atoms with E-state index in [1.807, 2.05) is 0 Å². The van der Waals surface area contributed by atoms with E-state index < -0.39 is 0 Å². The molecule has 70 valence electrons. The Morgan fingerprint density at radius 3 is 2.58 bits per heavy atom. The molecule has 2 atom stereocenters. The maximum atomic E-state index is 9.79. The minimum atomic E-state index is -0.0191. The smallest absolute Gasteiger partial charge is 0.0583 e. The monoisotopic (exact) mass is 169 g/mol. The molecule has 0 spiro atoms. The summed E-state index contributed by atoms with van der Waals surface area (Å²) in [6.07, 6.45) is 7.38. The van der Waals surface area contributed by atoms with Crippen LogP contribution in [-0.2, 0) is 0 Å².